The quantitative estimate of drug-likeness (QED) is 0.244. The second-order valence-corrected chi connectivity index (χ2v) is 7.55. The van der Waals surface area contributed by atoms with Crippen LogP contribution in [0.25, 0.3) is 0 Å². The van der Waals surface area contributed by atoms with Crippen LogP contribution in [0.15, 0.2) is 4.99 Å². The minimum atomic E-state index is 0. The van der Waals surface area contributed by atoms with Crippen molar-refractivity contribution in [2.75, 3.05) is 45.9 Å². The molecule has 7 nitrogen and oxygen atoms in total. The van der Waals surface area contributed by atoms with Crippen LogP contribution in [0.4, 0.5) is 0 Å². The largest absolute Gasteiger partial charge is 0.379 e. The molecule has 160 valence electrons. The summed E-state index contributed by atoms with van der Waals surface area (Å²) in [5, 5.41) is 9.45. The molecule has 27 heavy (non-hydrogen) atoms. The predicted molar refractivity (Wildman–Crippen MR) is 123 cm³/mol. The van der Waals surface area contributed by atoms with Crippen LogP contribution in [0.2, 0.25) is 0 Å². The molecule has 1 atom stereocenters. The molecule has 1 saturated heterocycles. The molecule has 1 unspecified atom stereocenters. The number of rotatable bonds is 10. The zero-order valence-corrected chi connectivity index (χ0v) is 20.0. The van der Waals surface area contributed by atoms with Gasteiger partial charge in [-0.1, -0.05) is 13.8 Å². The topological polar surface area (TPSA) is 78.0 Å². The number of halogens is 1. The fourth-order valence-corrected chi connectivity index (χ4v) is 3.05. The summed E-state index contributed by atoms with van der Waals surface area (Å²) in [4.78, 5) is 19.0. The molecule has 8 heteroatoms. The molecule has 0 aromatic rings. The molecule has 1 aliphatic rings. The Morgan fingerprint density at radius 2 is 1.81 bits per heavy atom. The number of aliphatic imine (C=N–C) groups is 1. The van der Waals surface area contributed by atoms with Gasteiger partial charge >= 0.3 is 0 Å². The minimum absolute atomic E-state index is 0. The number of hydrogen-bond acceptors (Lipinski definition) is 4. The molecule has 0 saturated carbocycles. The Morgan fingerprint density at radius 3 is 2.37 bits per heavy atom. The maximum Gasteiger partial charge on any atom is 0.221 e. The molecule has 0 aromatic heterocycles. The number of nitrogens with one attached hydrogen (secondary N) is 3. The highest BCUT2D eigenvalue weighted by atomic mass is 127. The second kappa shape index (κ2) is 15.3. The van der Waals surface area contributed by atoms with Gasteiger partial charge in [0.1, 0.15) is 0 Å². The third-order valence-electron chi connectivity index (χ3n) is 4.20. The van der Waals surface area contributed by atoms with Crippen molar-refractivity contribution in [1.82, 2.24) is 20.9 Å². The summed E-state index contributed by atoms with van der Waals surface area (Å²) in [5.41, 5.74) is 0. The first-order valence-electron chi connectivity index (χ1n) is 10.1. The van der Waals surface area contributed by atoms with Gasteiger partial charge in [-0.2, -0.15) is 0 Å². The van der Waals surface area contributed by atoms with Gasteiger partial charge in [-0.3, -0.25) is 14.7 Å². The predicted octanol–water partition coefficient (Wildman–Crippen LogP) is 1.82. The van der Waals surface area contributed by atoms with E-state index >= 15 is 0 Å². The number of carbonyl (C=O) groups excluding carboxylic acids is 1. The summed E-state index contributed by atoms with van der Waals surface area (Å²) < 4.78 is 5.48. The van der Waals surface area contributed by atoms with Crippen LogP contribution in [0.1, 0.15) is 47.5 Å². The van der Waals surface area contributed by atoms with Gasteiger partial charge in [0, 0.05) is 44.7 Å². The van der Waals surface area contributed by atoms with Crippen molar-refractivity contribution in [3.05, 3.63) is 0 Å². The molecule has 0 spiro atoms. The normalized spacial score (nSPS) is 16.8. The Morgan fingerprint density at radius 1 is 1.15 bits per heavy atom. The van der Waals surface area contributed by atoms with Gasteiger partial charge in [-0.15, -0.1) is 24.0 Å². The van der Waals surface area contributed by atoms with Gasteiger partial charge in [0.25, 0.3) is 0 Å². The van der Waals surface area contributed by atoms with Crippen molar-refractivity contribution in [3.63, 3.8) is 0 Å². The standard InChI is InChI=1S/C19H39N5O2.HI/c1-6-20-19(21-8-7-18(25)23-16(4)5)22-14-17(13-15(2)3)24-9-11-26-12-10-24;/h15-17H,6-14H2,1-5H3,(H,23,25)(H2,20,21,22);1H. The Labute approximate surface area is 182 Å². The van der Waals surface area contributed by atoms with Gasteiger partial charge in [-0.25, -0.2) is 0 Å². The zero-order valence-electron chi connectivity index (χ0n) is 17.7. The van der Waals surface area contributed by atoms with E-state index in [0.717, 1.165) is 51.8 Å². The van der Waals surface area contributed by atoms with Gasteiger partial charge in [0.2, 0.25) is 5.91 Å². The molecule has 1 fully saturated rings. The minimum Gasteiger partial charge on any atom is -0.379 e. The average Bonchev–Trinajstić information content (AvgIpc) is 2.58. The molecule has 0 radical (unpaired) electrons. The van der Waals surface area contributed by atoms with Crippen LogP contribution in [-0.4, -0.2) is 74.8 Å². The van der Waals surface area contributed by atoms with Gasteiger partial charge in [0.05, 0.1) is 19.8 Å². The Bertz CT molecular complexity index is 426. The number of ether oxygens (including phenoxy) is 1. The van der Waals surface area contributed by atoms with E-state index in [4.69, 9.17) is 9.73 Å². The number of amides is 1. The lowest BCUT2D eigenvalue weighted by molar-refractivity contribution is -0.121. The van der Waals surface area contributed by atoms with Gasteiger partial charge in [-0.05, 0) is 33.1 Å². The van der Waals surface area contributed by atoms with Crippen LogP contribution in [0.5, 0.6) is 0 Å². The summed E-state index contributed by atoms with van der Waals surface area (Å²) in [5.74, 6) is 1.48. The molecular formula is C19H40IN5O2. The SMILES string of the molecule is CCNC(=NCC(CC(C)C)N1CCOCC1)NCCC(=O)NC(C)C.I. The first-order valence-corrected chi connectivity index (χ1v) is 10.1. The van der Waals surface area contributed by atoms with Crippen molar-refractivity contribution in [1.29, 1.82) is 0 Å². The highest BCUT2D eigenvalue weighted by molar-refractivity contribution is 14.0. The molecule has 3 N–H and O–H groups in total. The van der Waals surface area contributed by atoms with E-state index in [1.54, 1.807) is 0 Å². The Balaban J connectivity index is 0.00000676. The van der Waals surface area contributed by atoms with E-state index in [0.29, 0.717) is 24.9 Å². The molecule has 1 aliphatic heterocycles. The number of carbonyl (C=O) groups is 1. The van der Waals surface area contributed by atoms with E-state index in [9.17, 15) is 4.79 Å². The highest BCUT2D eigenvalue weighted by Crippen LogP contribution is 2.14. The smallest absolute Gasteiger partial charge is 0.221 e. The lowest BCUT2D eigenvalue weighted by atomic mass is 10.0. The summed E-state index contributed by atoms with van der Waals surface area (Å²) in [7, 11) is 0. The molecule has 0 aromatic carbocycles. The van der Waals surface area contributed by atoms with Gasteiger partial charge in [0.15, 0.2) is 5.96 Å². The van der Waals surface area contributed by atoms with Crippen molar-refractivity contribution in [3.8, 4) is 0 Å². The zero-order chi connectivity index (χ0) is 19.4. The summed E-state index contributed by atoms with van der Waals surface area (Å²) >= 11 is 0. The van der Waals surface area contributed by atoms with Crippen molar-refractivity contribution >= 4 is 35.8 Å². The van der Waals surface area contributed by atoms with E-state index in [1.165, 1.54) is 0 Å². The summed E-state index contributed by atoms with van der Waals surface area (Å²) in [6.45, 7) is 16.2. The molecule has 1 rings (SSSR count). The number of nitrogens with zero attached hydrogens (tertiary/aromatic N) is 2. The van der Waals surface area contributed by atoms with Crippen LogP contribution in [0.3, 0.4) is 0 Å². The number of morpholine rings is 1. The monoisotopic (exact) mass is 497 g/mol. The lowest BCUT2D eigenvalue weighted by Crippen LogP contribution is -2.46. The number of hydrogen-bond donors (Lipinski definition) is 3. The molecule has 0 aliphatic carbocycles. The summed E-state index contributed by atoms with van der Waals surface area (Å²) in [6, 6.07) is 0.605. The van der Waals surface area contributed by atoms with Crippen molar-refractivity contribution in [2.45, 2.75) is 59.5 Å². The molecule has 1 heterocycles. The molecule has 1 amide bonds. The summed E-state index contributed by atoms with van der Waals surface area (Å²) in [6.07, 6.45) is 1.57. The van der Waals surface area contributed by atoms with E-state index < -0.39 is 0 Å². The van der Waals surface area contributed by atoms with Crippen molar-refractivity contribution in [2.24, 2.45) is 10.9 Å². The van der Waals surface area contributed by atoms with Crippen molar-refractivity contribution < 1.29 is 9.53 Å². The number of guanidine groups is 1. The second-order valence-electron chi connectivity index (χ2n) is 7.55. The highest BCUT2D eigenvalue weighted by Gasteiger charge is 2.21. The maximum atomic E-state index is 11.8. The third-order valence-corrected chi connectivity index (χ3v) is 4.20. The molecule has 0 bridgehead atoms. The maximum absolute atomic E-state index is 11.8. The molecular weight excluding hydrogens is 457 g/mol. The third kappa shape index (κ3) is 12.5. The van der Waals surface area contributed by atoms with Crippen LogP contribution < -0.4 is 16.0 Å². The Hall–Kier alpha value is -0.610. The van der Waals surface area contributed by atoms with Crippen LogP contribution in [-0.2, 0) is 9.53 Å². The van der Waals surface area contributed by atoms with E-state index in [2.05, 4.69) is 41.6 Å². The first-order chi connectivity index (χ1) is 12.4. The fourth-order valence-electron chi connectivity index (χ4n) is 3.05. The Kier molecular flexibility index (Phi) is 15.0. The van der Waals surface area contributed by atoms with E-state index in [1.807, 2.05) is 13.8 Å². The van der Waals surface area contributed by atoms with Crippen LogP contribution in [0, 0.1) is 5.92 Å². The lowest BCUT2D eigenvalue weighted by Gasteiger charge is -2.34. The fraction of sp³-hybridized carbons (Fsp3) is 0.895. The van der Waals surface area contributed by atoms with E-state index in [-0.39, 0.29) is 35.9 Å². The van der Waals surface area contributed by atoms with Crippen LogP contribution >= 0.6 is 24.0 Å². The average molecular weight is 497 g/mol. The first kappa shape index (κ1) is 26.4. The van der Waals surface area contributed by atoms with Gasteiger partial charge < -0.3 is 20.7 Å².